The number of carboxylic acid groups (broad SMARTS) is 1. The summed E-state index contributed by atoms with van der Waals surface area (Å²) < 4.78 is 1.61. The number of nitrogens with zero attached hydrogens (tertiary/aromatic N) is 2. The molecular weight excluding hydrogens is 240 g/mol. The van der Waals surface area contributed by atoms with E-state index >= 15 is 0 Å². The number of rotatable bonds is 1. The lowest BCUT2D eigenvalue weighted by Gasteiger charge is -2.22. The smallest absolute Gasteiger partial charge is 0.337 e. The Kier molecular flexibility index (Phi) is 2.62. The van der Waals surface area contributed by atoms with E-state index in [0.29, 0.717) is 5.02 Å². The van der Waals surface area contributed by atoms with Crippen LogP contribution in [0.1, 0.15) is 36.7 Å². The summed E-state index contributed by atoms with van der Waals surface area (Å²) in [7, 11) is 0. The van der Waals surface area contributed by atoms with E-state index in [1.54, 1.807) is 16.8 Å². The lowest BCUT2D eigenvalue weighted by atomic mass is 9.84. The molecule has 2 rings (SSSR count). The normalized spacial score (nSPS) is 12.0. The molecule has 0 aliphatic carbocycles. The molecule has 17 heavy (non-hydrogen) atoms. The van der Waals surface area contributed by atoms with Crippen LogP contribution in [0.15, 0.2) is 18.5 Å². The van der Waals surface area contributed by atoms with Crippen LogP contribution in [-0.2, 0) is 5.41 Å². The second-order valence-electron chi connectivity index (χ2n) is 4.98. The number of carboxylic acids is 1. The van der Waals surface area contributed by atoms with E-state index in [-0.39, 0.29) is 11.0 Å². The Labute approximate surface area is 104 Å². The first-order valence-electron chi connectivity index (χ1n) is 5.21. The first kappa shape index (κ1) is 11.9. The maximum atomic E-state index is 11.2. The van der Waals surface area contributed by atoms with Crippen molar-refractivity contribution in [3.05, 3.63) is 34.6 Å². The van der Waals surface area contributed by atoms with Crippen LogP contribution in [0.4, 0.5) is 0 Å². The molecule has 0 bridgehead atoms. The summed E-state index contributed by atoms with van der Waals surface area (Å²) in [4.78, 5) is 11.2. The molecule has 0 radical (unpaired) electrons. The molecule has 0 fully saturated rings. The van der Waals surface area contributed by atoms with Crippen LogP contribution < -0.4 is 0 Å². The number of hydrogen-bond donors (Lipinski definition) is 1. The minimum Gasteiger partial charge on any atom is -0.478 e. The van der Waals surface area contributed by atoms with Crippen molar-refractivity contribution in [1.29, 1.82) is 0 Å². The minimum atomic E-state index is -0.970. The molecule has 0 unspecified atom stereocenters. The van der Waals surface area contributed by atoms with Gasteiger partial charge in [0.05, 0.1) is 22.3 Å². The average Bonchev–Trinajstić information content (AvgIpc) is 2.53. The molecule has 0 saturated carbocycles. The molecule has 2 heterocycles. The fourth-order valence-corrected chi connectivity index (χ4v) is 2.17. The van der Waals surface area contributed by atoms with Gasteiger partial charge in [-0.3, -0.25) is 0 Å². The van der Waals surface area contributed by atoms with Gasteiger partial charge < -0.3 is 5.11 Å². The van der Waals surface area contributed by atoms with Crippen molar-refractivity contribution in [2.75, 3.05) is 0 Å². The molecular formula is C12H13ClN2O2. The summed E-state index contributed by atoms with van der Waals surface area (Å²) in [5, 5.41) is 13.8. The van der Waals surface area contributed by atoms with Gasteiger partial charge in [-0.1, -0.05) is 32.4 Å². The highest BCUT2D eigenvalue weighted by Crippen LogP contribution is 2.31. The zero-order valence-corrected chi connectivity index (χ0v) is 10.6. The number of aromatic nitrogens is 2. The topological polar surface area (TPSA) is 54.6 Å². The molecule has 5 heteroatoms. The number of aromatic carboxylic acids is 1. The average molecular weight is 253 g/mol. The Hall–Kier alpha value is -1.55. The lowest BCUT2D eigenvalue weighted by Crippen LogP contribution is -2.19. The van der Waals surface area contributed by atoms with E-state index < -0.39 is 5.97 Å². The molecule has 2 aromatic rings. The van der Waals surface area contributed by atoms with Crippen molar-refractivity contribution in [2.45, 2.75) is 26.2 Å². The van der Waals surface area contributed by atoms with Gasteiger partial charge in [-0.2, -0.15) is 5.10 Å². The highest BCUT2D eigenvalue weighted by atomic mass is 35.5. The molecule has 90 valence electrons. The van der Waals surface area contributed by atoms with E-state index in [2.05, 4.69) is 5.10 Å². The molecule has 0 atom stereocenters. The summed E-state index contributed by atoms with van der Waals surface area (Å²) >= 11 is 5.93. The van der Waals surface area contributed by atoms with Crippen LogP contribution in [-0.4, -0.2) is 20.7 Å². The van der Waals surface area contributed by atoms with Crippen molar-refractivity contribution in [3.8, 4) is 0 Å². The van der Waals surface area contributed by atoms with Crippen molar-refractivity contribution < 1.29 is 9.90 Å². The maximum absolute atomic E-state index is 11.2. The zero-order chi connectivity index (χ0) is 12.8. The van der Waals surface area contributed by atoms with E-state index in [1.165, 1.54) is 6.20 Å². The highest BCUT2D eigenvalue weighted by molar-refractivity contribution is 6.31. The first-order chi connectivity index (χ1) is 7.80. The van der Waals surface area contributed by atoms with Gasteiger partial charge >= 0.3 is 5.97 Å². The van der Waals surface area contributed by atoms with Gasteiger partial charge in [-0.15, -0.1) is 0 Å². The van der Waals surface area contributed by atoms with E-state index in [4.69, 9.17) is 11.6 Å². The van der Waals surface area contributed by atoms with Gasteiger partial charge in [0.2, 0.25) is 0 Å². The Morgan fingerprint density at radius 2 is 2.12 bits per heavy atom. The monoisotopic (exact) mass is 252 g/mol. The lowest BCUT2D eigenvalue weighted by molar-refractivity contribution is 0.0693. The van der Waals surface area contributed by atoms with Crippen molar-refractivity contribution in [2.24, 2.45) is 0 Å². The standard InChI is InChI=1S/C12H13ClN2O2/c1-12(2,3)10-8(11(16)17)5-14-15-6-7(13)4-9(10)15/h4-6H,1-3H3,(H,16,17). The van der Waals surface area contributed by atoms with Gasteiger partial charge in [-0.25, -0.2) is 9.31 Å². The van der Waals surface area contributed by atoms with Crippen LogP contribution in [0.2, 0.25) is 5.02 Å². The van der Waals surface area contributed by atoms with Gasteiger partial charge in [-0.05, 0) is 17.0 Å². The SMILES string of the molecule is CC(C)(C)c1c(C(=O)O)cnn2cc(Cl)cc12. The fourth-order valence-electron chi connectivity index (χ4n) is 1.98. The Bertz CT molecular complexity index is 596. The van der Waals surface area contributed by atoms with Crippen LogP contribution in [0, 0.1) is 0 Å². The molecule has 0 saturated heterocycles. The van der Waals surface area contributed by atoms with Crippen LogP contribution in [0.25, 0.3) is 5.52 Å². The van der Waals surface area contributed by atoms with E-state index in [0.717, 1.165) is 11.1 Å². The molecule has 0 spiro atoms. The van der Waals surface area contributed by atoms with Gasteiger partial charge in [0.25, 0.3) is 0 Å². The zero-order valence-electron chi connectivity index (χ0n) is 9.86. The third kappa shape index (κ3) is 2.00. The summed E-state index contributed by atoms with van der Waals surface area (Å²) in [5.74, 6) is -0.970. The second-order valence-corrected chi connectivity index (χ2v) is 5.41. The number of carbonyl (C=O) groups is 1. The Morgan fingerprint density at radius 3 is 2.65 bits per heavy atom. The predicted octanol–water partition coefficient (Wildman–Crippen LogP) is 2.98. The summed E-state index contributed by atoms with van der Waals surface area (Å²) in [5.41, 5.74) is 1.41. The second kappa shape index (κ2) is 3.74. The van der Waals surface area contributed by atoms with Crippen LogP contribution in [0.3, 0.4) is 0 Å². The van der Waals surface area contributed by atoms with E-state index in [1.807, 2.05) is 20.8 Å². The third-order valence-electron chi connectivity index (χ3n) is 2.58. The Morgan fingerprint density at radius 1 is 1.47 bits per heavy atom. The number of halogens is 1. The van der Waals surface area contributed by atoms with Gasteiger partial charge in [0.15, 0.2) is 0 Å². The fraction of sp³-hybridized carbons (Fsp3) is 0.333. The summed E-state index contributed by atoms with van der Waals surface area (Å²) in [6.45, 7) is 5.90. The first-order valence-corrected chi connectivity index (χ1v) is 5.59. The Balaban J connectivity index is 2.89. The maximum Gasteiger partial charge on any atom is 0.337 e. The molecule has 0 aromatic carbocycles. The summed E-state index contributed by atoms with van der Waals surface area (Å²) in [6, 6.07) is 1.74. The van der Waals surface area contributed by atoms with E-state index in [9.17, 15) is 9.90 Å². The van der Waals surface area contributed by atoms with Crippen LogP contribution >= 0.6 is 11.6 Å². The molecule has 4 nitrogen and oxygen atoms in total. The van der Waals surface area contributed by atoms with Crippen molar-refractivity contribution in [1.82, 2.24) is 9.61 Å². The molecule has 0 aliphatic rings. The van der Waals surface area contributed by atoms with Crippen molar-refractivity contribution in [3.63, 3.8) is 0 Å². The third-order valence-corrected chi connectivity index (χ3v) is 2.79. The van der Waals surface area contributed by atoms with Gasteiger partial charge in [0, 0.05) is 6.20 Å². The van der Waals surface area contributed by atoms with Gasteiger partial charge in [0.1, 0.15) is 0 Å². The molecule has 0 aliphatic heterocycles. The molecule has 1 N–H and O–H groups in total. The highest BCUT2D eigenvalue weighted by Gasteiger charge is 2.25. The van der Waals surface area contributed by atoms with Crippen molar-refractivity contribution >= 4 is 23.1 Å². The summed E-state index contributed by atoms with van der Waals surface area (Å²) in [6.07, 6.45) is 3.03. The predicted molar refractivity (Wildman–Crippen MR) is 65.9 cm³/mol. The number of fused-ring (bicyclic) bond motifs is 1. The minimum absolute atomic E-state index is 0.222. The quantitative estimate of drug-likeness (QED) is 0.849. The molecule has 2 aromatic heterocycles. The molecule has 0 amide bonds. The number of hydrogen-bond acceptors (Lipinski definition) is 2. The largest absolute Gasteiger partial charge is 0.478 e. The van der Waals surface area contributed by atoms with Crippen LogP contribution in [0.5, 0.6) is 0 Å².